The smallest absolute Gasteiger partial charge is 0.220 e. The van der Waals surface area contributed by atoms with Gasteiger partial charge in [-0.3, -0.25) is 4.79 Å². The molecule has 1 amide bonds. The SMILES string of the molecule is CC(NC(=O)CC(C)C1CCNCC1)c1ccc(F)c(Cl)c1.Cl. The van der Waals surface area contributed by atoms with Crippen molar-refractivity contribution in [1.82, 2.24) is 10.6 Å². The molecule has 0 aliphatic carbocycles. The van der Waals surface area contributed by atoms with Gasteiger partial charge in [-0.15, -0.1) is 12.4 Å². The monoisotopic (exact) mass is 362 g/mol. The van der Waals surface area contributed by atoms with Gasteiger partial charge >= 0.3 is 0 Å². The van der Waals surface area contributed by atoms with Gasteiger partial charge in [-0.1, -0.05) is 24.6 Å². The van der Waals surface area contributed by atoms with Crippen molar-refractivity contribution in [3.8, 4) is 0 Å². The van der Waals surface area contributed by atoms with Gasteiger partial charge in [0.25, 0.3) is 0 Å². The largest absolute Gasteiger partial charge is 0.350 e. The topological polar surface area (TPSA) is 41.1 Å². The number of rotatable bonds is 5. The van der Waals surface area contributed by atoms with E-state index in [1.54, 1.807) is 12.1 Å². The first kappa shape index (κ1) is 20.2. The molecule has 130 valence electrons. The molecule has 1 saturated heterocycles. The zero-order valence-corrected chi connectivity index (χ0v) is 15.1. The van der Waals surface area contributed by atoms with Crippen LogP contribution in [0, 0.1) is 17.7 Å². The van der Waals surface area contributed by atoms with Crippen LogP contribution in [-0.2, 0) is 4.79 Å². The second kappa shape index (κ2) is 9.45. The molecule has 3 nitrogen and oxygen atoms in total. The highest BCUT2D eigenvalue weighted by atomic mass is 35.5. The van der Waals surface area contributed by atoms with Gasteiger partial charge in [0.15, 0.2) is 0 Å². The summed E-state index contributed by atoms with van der Waals surface area (Å²) in [4.78, 5) is 12.2. The summed E-state index contributed by atoms with van der Waals surface area (Å²) in [6.45, 7) is 6.12. The zero-order chi connectivity index (χ0) is 16.1. The van der Waals surface area contributed by atoms with E-state index < -0.39 is 5.82 Å². The second-order valence-corrected chi connectivity index (χ2v) is 6.64. The van der Waals surface area contributed by atoms with Crippen LogP contribution >= 0.6 is 24.0 Å². The minimum Gasteiger partial charge on any atom is -0.350 e. The minimum atomic E-state index is -0.441. The first-order valence-corrected chi connectivity index (χ1v) is 8.30. The Morgan fingerprint density at radius 3 is 2.65 bits per heavy atom. The summed E-state index contributed by atoms with van der Waals surface area (Å²) in [5.74, 6) is 0.594. The first-order valence-electron chi connectivity index (χ1n) is 7.92. The maximum Gasteiger partial charge on any atom is 0.220 e. The Kier molecular flexibility index (Phi) is 8.31. The van der Waals surface area contributed by atoms with Crippen LogP contribution in [0.25, 0.3) is 0 Å². The molecule has 1 aromatic carbocycles. The number of amides is 1. The Bertz CT molecular complexity index is 521. The van der Waals surface area contributed by atoms with E-state index >= 15 is 0 Å². The molecule has 1 aromatic rings. The number of hydrogen-bond donors (Lipinski definition) is 2. The van der Waals surface area contributed by atoms with E-state index in [1.807, 2.05) is 6.92 Å². The number of nitrogens with one attached hydrogen (secondary N) is 2. The Morgan fingerprint density at radius 2 is 2.04 bits per heavy atom. The van der Waals surface area contributed by atoms with Crippen molar-refractivity contribution in [2.45, 2.75) is 39.2 Å². The average molecular weight is 363 g/mol. The molecule has 6 heteroatoms. The fourth-order valence-electron chi connectivity index (χ4n) is 3.04. The molecule has 0 aromatic heterocycles. The van der Waals surface area contributed by atoms with E-state index in [2.05, 4.69) is 17.6 Å². The number of carbonyl (C=O) groups excluding carboxylic acids is 1. The van der Waals surface area contributed by atoms with Crippen LogP contribution in [0.3, 0.4) is 0 Å². The lowest BCUT2D eigenvalue weighted by Crippen LogP contribution is -2.34. The highest BCUT2D eigenvalue weighted by molar-refractivity contribution is 6.30. The standard InChI is InChI=1S/C17H24ClFN2O.ClH/c1-11(13-5-7-20-8-6-13)9-17(22)21-12(2)14-3-4-16(19)15(18)10-14;/h3-4,10-13,20H,5-9H2,1-2H3,(H,21,22);1H. The first-order chi connectivity index (χ1) is 10.5. The predicted octanol–water partition coefficient (Wildman–Crippen LogP) is 4.10. The van der Waals surface area contributed by atoms with Crippen LogP contribution in [0.5, 0.6) is 0 Å². The lowest BCUT2D eigenvalue weighted by Gasteiger charge is -2.28. The number of hydrogen-bond acceptors (Lipinski definition) is 2. The number of carbonyl (C=O) groups is 1. The van der Waals surface area contributed by atoms with E-state index in [-0.39, 0.29) is 29.4 Å². The van der Waals surface area contributed by atoms with Crippen LogP contribution in [0.2, 0.25) is 5.02 Å². The summed E-state index contributed by atoms with van der Waals surface area (Å²) in [5, 5.41) is 6.40. The summed E-state index contributed by atoms with van der Waals surface area (Å²) < 4.78 is 13.2. The predicted molar refractivity (Wildman–Crippen MR) is 94.6 cm³/mol. The molecule has 1 heterocycles. The maximum absolute atomic E-state index is 13.2. The lowest BCUT2D eigenvalue weighted by molar-refractivity contribution is -0.123. The summed E-state index contributed by atoms with van der Waals surface area (Å²) in [5.41, 5.74) is 0.814. The molecule has 0 spiro atoms. The Hall–Kier alpha value is -0.840. The summed E-state index contributed by atoms with van der Waals surface area (Å²) in [6, 6.07) is 4.38. The highest BCUT2D eigenvalue weighted by Gasteiger charge is 2.22. The maximum atomic E-state index is 13.2. The lowest BCUT2D eigenvalue weighted by atomic mass is 9.84. The fraction of sp³-hybridized carbons (Fsp3) is 0.588. The van der Waals surface area contributed by atoms with Gasteiger partial charge in [0.2, 0.25) is 5.91 Å². The highest BCUT2D eigenvalue weighted by Crippen LogP contribution is 2.25. The van der Waals surface area contributed by atoms with Crippen molar-refractivity contribution in [1.29, 1.82) is 0 Å². The van der Waals surface area contributed by atoms with Gasteiger partial charge in [-0.25, -0.2) is 4.39 Å². The molecule has 0 saturated carbocycles. The quantitative estimate of drug-likeness (QED) is 0.827. The zero-order valence-electron chi connectivity index (χ0n) is 13.6. The molecule has 1 fully saturated rings. The second-order valence-electron chi connectivity index (χ2n) is 6.23. The molecule has 23 heavy (non-hydrogen) atoms. The summed E-state index contributed by atoms with van der Waals surface area (Å²) in [6.07, 6.45) is 2.80. The minimum absolute atomic E-state index is 0. The third kappa shape index (κ3) is 5.94. The molecule has 2 rings (SSSR count). The normalized spacial score (nSPS) is 17.9. The molecular weight excluding hydrogens is 338 g/mol. The third-order valence-electron chi connectivity index (χ3n) is 4.52. The Morgan fingerprint density at radius 1 is 1.39 bits per heavy atom. The Labute approximate surface area is 148 Å². The van der Waals surface area contributed by atoms with Crippen LogP contribution in [0.1, 0.15) is 44.7 Å². The molecule has 2 atom stereocenters. The number of piperidine rings is 1. The van der Waals surface area contributed by atoms with Crippen molar-refractivity contribution >= 4 is 29.9 Å². The van der Waals surface area contributed by atoms with Gasteiger partial charge < -0.3 is 10.6 Å². The van der Waals surface area contributed by atoms with Gasteiger partial charge in [0.05, 0.1) is 11.1 Å². The van der Waals surface area contributed by atoms with Crippen molar-refractivity contribution in [2.24, 2.45) is 11.8 Å². The van der Waals surface area contributed by atoms with Crippen LogP contribution in [-0.4, -0.2) is 19.0 Å². The Balaban J connectivity index is 0.00000264. The van der Waals surface area contributed by atoms with Crippen molar-refractivity contribution in [3.63, 3.8) is 0 Å². The molecule has 2 N–H and O–H groups in total. The molecule has 2 unspecified atom stereocenters. The molecule has 0 bridgehead atoms. The summed E-state index contributed by atoms with van der Waals surface area (Å²) in [7, 11) is 0. The molecule has 1 aliphatic rings. The van der Waals surface area contributed by atoms with E-state index in [0.29, 0.717) is 18.3 Å². The van der Waals surface area contributed by atoms with Crippen LogP contribution in [0.15, 0.2) is 18.2 Å². The average Bonchev–Trinajstić information content (AvgIpc) is 2.50. The van der Waals surface area contributed by atoms with E-state index in [9.17, 15) is 9.18 Å². The van der Waals surface area contributed by atoms with Crippen molar-refractivity contribution < 1.29 is 9.18 Å². The van der Waals surface area contributed by atoms with E-state index in [4.69, 9.17) is 11.6 Å². The number of benzene rings is 1. The van der Waals surface area contributed by atoms with Gasteiger partial charge in [0, 0.05) is 6.42 Å². The van der Waals surface area contributed by atoms with Crippen LogP contribution < -0.4 is 10.6 Å². The van der Waals surface area contributed by atoms with E-state index in [0.717, 1.165) is 31.5 Å². The molecular formula is C17H25Cl2FN2O. The van der Waals surface area contributed by atoms with Crippen molar-refractivity contribution in [2.75, 3.05) is 13.1 Å². The van der Waals surface area contributed by atoms with Crippen molar-refractivity contribution in [3.05, 3.63) is 34.6 Å². The van der Waals surface area contributed by atoms with E-state index in [1.165, 1.54) is 6.07 Å². The fourth-order valence-corrected chi connectivity index (χ4v) is 3.23. The molecule has 1 aliphatic heterocycles. The van der Waals surface area contributed by atoms with Gasteiger partial charge in [-0.05, 0) is 62.4 Å². The van der Waals surface area contributed by atoms with Gasteiger partial charge in [-0.2, -0.15) is 0 Å². The molecule has 0 radical (unpaired) electrons. The summed E-state index contributed by atoms with van der Waals surface area (Å²) >= 11 is 5.79. The van der Waals surface area contributed by atoms with Crippen LogP contribution in [0.4, 0.5) is 4.39 Å². The third-order valence-corrected chi connectivity index (χ3v) is 4.81. The number of halogens is 3. The van der Waals surface area contributed by atoms with Gasteiger partial charge in [0.1, 0.15) is 5.82 Å².